The van der Waals surface area contributed by atoms with Crippen molar-refractivity contribution in [1.82, 2.24) is 14.8 Å². The summed E-state index contributed by atoms with van der Waals surface area (Å²) in [6.45, 7) is 0. The second-order valence-electron chi connectivity index (χ2n) is 4.26. The molecule has 0 unspecified atom stereocenters. The molecule has 5 heteroatoms. The second-order valence-corrected chi connectivity index (χ2v) is 4.26. The third-order valence-electron chi connectivity index (χ3n) is 2.97. The summed E-state index contributed by atoms with van der Waals surface area (Å²) in [7, 11) is 1.61. The lowest BCUT2D eigenvalue weighted by atomic mass is 10.2. The Balaban J connectivity index is 2.17. The molecule has 0 fully saturated rings. The Labute approximate surface area is 115 Å². The van der Waals surface area contributed by atoms with Gasteiger partial charge in [0.25, 0.3) is 0 Å². The van der Waals surface area contributed by atoms with Gasteiger partial charge in [0.15, 0.2) is 5.82 Å². The summed E-state index contributed by atoms with van der Waals surface area (Å²) in [6, 6.07) is 17.0. The number of aromatic amines is 1. The predicted molar refractivity (Wildman–Crippen MR) is 76.2 cm³/mol. The first kappa shape index (κ1) is 12.2. The standard InChI is InChI=1S/C15H13N3O2/c1-20-13-9-5-8-12(10-13)18-14(16-15(19)17-18)11-6-3-2-4-7-11/h2-10H,1H3,(H,17,19). The molecule has 0 saturated carbocycles. The molecule has 1 N–H and O–H groups in total. The van der Waals surface area contributed by atoms with E-state index in [1.54, 1.807) is 11.8 Å². The van der Waals surface area contributed by atoms with Gasteiger partial charge in [-0.1, -0.05) is 36.4 Å². The van der Waals surface area contributed by atoms with Gasteiger partial charge in [-0.3, -0.25) is 0 Å². The number of benzene rings is 2. The molecule has 0 bridgehead atoms. The number of rotatable bonds is 3. The third kappa shape index (κ3) is 2.21. The van der Waals surface area contributed by atoms with Crippen molar-refractivity contribution < 1.29 is 4.74 Å². The largest absolute Gasteiger partial charge is 0.497 e. The maximum Gasteiger partial charge on any atom is 0.362 e. The summed E-state index contributed by atoms with van der Waals surface area (Å²) in [4.78, 5) is 15.6. The summed E-state index contributed by atoms with van der Waals surface area (Å²) in [5.41, 5.74) is 1.28. The van der Waals surface area contributed by atoms with Crippen LogP contribution in [0.3, 0.4) is 0 Å². The maximum atomic E-state index is 11.6. The van der Waals surface area contributed by atoms with Crippen LogP contribution in [0.4, 0.5) is 0 Å². The van der Waals surface area contributed by atoms with Gasteiger partial charge in [-0.25, -0.2) is 14.6 Å². The van der Waals surface area contributed by atoms with Crippen LogP contribution >= 0.6 is 0 Å². The van der Waals surface area contributed by atoms with Crippen LogP contribution in [0.25, 0.3) is 17.1 Å². The number of H-pyrrole nitrogens is 1. The van der Waals surface area contributed by atoms with Gasteiger partial charge in [-0.2, -0.15) is 4.98 Å². The lowest BCUT2D eigenvalue weighted by molar-refractivity contribution is 0.414. The Morgan fingerprint density at radius 2 is 1.90 bits per heavy atom. The highest BCUT2D eigenvalue weighted by Crippen LogP contribution is 2.21. The Morgan fingerprint density at radius 3 is 2.65 bits per heavy atom. The summed E-state index contributed by atoms with van der Waals surface area (Å²) in [5, 5.41) is 2.71. The molecule has 0 aliphatic rings. The fraction of sp³-hybridized carbons (Fsp3) is 0.0667. The first-order chi connectivity index (χ1) is 9.78. The molecule has 1 heterocycles. The molecule has 2 aromatic carbocycles. The van der Waals surface area contributed by atoms with Crippen LogP contribution in [-0.4, -0.2) is 21.9 Å². The van der Waals surface area contributed by atoms with E-state index < -0.39 is 0 Å². The van der Waals surface area contributed by atoms with E-state index in [0.29, 0.717) is 5.82 Å². The quantitative estimate of drug-likeness (QED) is 0.791. The molecule has 5 nitrogen and oxygen atoms in total. The molecule has 3 aromatic rings. The first-order valence-electron chi connectivity index (χ1n) is 6.17. The molecule has 20 heavy (non-hydrogen) atoms. The molecule has 0 atom stereocenters. The molecule has 0 aliphatic carbocycles. The molecule has 100 valence electrons. The van der Waals surface area contributed by atoms with Crippen LogP contribution in [0.15, 0.2) is 59.4 Å². The van der Waals surface area contributed by atoms with Gasteiger partial charge in [0.05, 0.1) is 12.8 Å². The predicted octanol–water partition coefficient (Wildman–Crippen LogP) is 2.24. The fourth-order valence-electron chi connectivity index (χ4n) is 2.04. The zero-order chi connectivity index (χ0) is 13.9. The van der Waals surface area contributed by atoms with Crippen molar-refractivity contribution in [2.45, 2.75) is 0 Å². The Hall–Kier alpha value is -2.82. The summed E-state index contributed by atoms with van der Waals surface area (Å²) in [5.74, 6) is 1.29. The molecular formula is C15H13N3O2. The van der Waals surface area contributed by atoms with Crippen LogP contribution in [0, 0.1) is 0 Å². The van der Waals surface area contributed by atoms with Crippen LogP contribution in [0.2, 0.25) is 0 Å². The molecule has 3 rings (SSSR count). The first-order valence-corrected chi connectivity index (χ1v) is 6.17. The monoisotopic (exact) mass is 267 g/mol. The average Bonchev–Trinajstić information content (AvgIpc) is 2.90. The molecule has 1 aromatic heterocycles. The smallest absolute Gasteiger partial charge is 0.362 e. The van der Waals surface area contributed by atoms with E-state index in [2.05, 4.69) is 10.1 Å². The Bertz CT molecular complexity index is 775. The molecular weight excluding hydrogens is 254 g/mol. The maximum absolute atomic E-state index is 11.6. The number of methoxy groups -OCH3 is 1. The lowest BCUT2D eigenvalue weighted by Crippen LogP contribution is -2.05. The molecule has 0 spiro atoms. The minimum Gasteiger partial charge on any atom is -0.497 e. The van der Waals surface area contributed by atoms with Gasteiger partial charge in [-0.15, -0.1) is 0 Å². The van der Waals surface area contributed by atoms with Gasteiger partial charge in [-0.05, 0) is 12.1 Å². The molecule has 0 radical (unpaired) electrons. The Kier molecular flexibility index (Phi) is 3.09. The number of aromatic nitrogens is 3. The fourth-order valence-corrected chi connectivity index (χ4v) is 2.04. The van der Waals surface area contributed by atoms with E-state index in [9.17, 15) is 4.79 Å². The van der Waals surface area contributed by atoms with Crippen molar-refractivity contribution in [3.8, 4) is 22.8 Å². The minimum atomic E-state index is -0.383. The molecule has 0 amide bonds. The van der Waals surface area contributed by atoms with Crippen molar-refractivity contribution in [2.75, 3.05) is 7.11 Å². The van der Waals surface area contributed by atoms with E-state index in [1.807, 2.05) is 54.6 Å². The highest BCUT2D eigenvalue weighted by Gasteiger charge is 2.10. The van der Waals surface area contributed by atoms with Crippen molar-refractivity contribution in [3.63, 3.8) is 0 Å². The van der Waals surface area contributed by atoms with Crippen molar-refractivity contribution >= 4 is 0 Å². The van der Waals surface area contributed by atoms with Crippen molar-refractivity contribution in [3.05, 3.63) is 65.1 Å². The number of nitrogens with zero attached hydrogens (tertiary/aromatic N) is 2. The second kappa shape index (κ2) is 5.05. The van der Waals surface area contributed by atoms with E-state index in [4.69, 9.17) is 4.74 Å². The van der Waals surface area contributed by atoms with Gasteiger partial charge in [0.1, 0.15) is 5.75 Å². The van der Waals surface area contributed by atoms with E-state index in [1.165, 1.54) is 0 Å². The SMILES string of the molecule is COc1cccc(-n2[nH]c(=O)nc2-c2ccccc2)c1. The summed E-state index contributed by atoms with van der Waals surface area (Å²) >= 11 is 0. The van der Waals surface area contributed by atoms with Crippen molar-refractivity contribution in [1.29, 1.82) is 0 Å². The summed E-state index contributed by atoms with van der Waals surface area (Å²) in [6.07, 6.45) is 0. The number of nitrogens with one attached hydrogen (secondary N) is 1. The molecule has 0 saturated heterocycles. The zero-order valence-electron chi connectivity index (χ0n) is 10.9. The van der Waals surface area contributed by atoms with Crippen LogP contribution < -0.4 is 10.4 Å². The summed E-state index contributed by atoms with van der Waals surface area (Å²) < 4.78 is 6.86. The highest BCUT2D eigenvalue weighted by atomic mass is 16.5. The average molecular weight is 267 g/mol. The van der Waals surface area contributed by atoms with Crippen LogP contribution in [0.5, 0.6) is 5.75 Å². The lowest BCUT2D eigenvalue weighted by Gasteiger charge is -2.08. The van der Waals surface area contributed by atoms with E-state index >= 15 is 0 Å². The van der Waals surface area contributed by atoms with E-state index in [-0.39, 0.29) is 5.69 Å². The van der Waals surface area contributed by atoms with E-state index in [0.717, 1.165) is 17.0 Å². The third-order valence-corrected chi connectivity index (χ3v) is 2.97. The van der Waals surface area contributed by atoms with Gasteiger partial charge >= 0.3 is 5.69 Å². The minimum absolute atomic E-state index is 0.383. The topological polar surface area (TPSA) is 59.9 Å². The normalized spacial score (nSPS) is 10.4. The zero-order valence-corrected chi connectivity index (χ0v) is 10.9. The molecule has 0 aliphatic heterocycles. The highest BCUT2D eigenvalue weighted by molar-refractivity contribution is 5.57. The van der Waals surface area contributed by atoms with Crippen LogP contribution in [0.1, 0.15) is 0 Å². The van der Waals surface area contributed by atoms with Gasteiger partial charge in [0, 0.05) is 11.6 Å². The number of hydrogen-bond acceptors (Lipinski definition) is 3. The number of hydrogen-bond donors (Lipinski definition) is 1. The Morgan fingerprint density at radius 1 is 1.10 bits per heavy atom. The van der Waals surface area contributed by atoms with Crippen LogP contribution in [-0.2, 0) is 0 Å². The van der Waals surface area contributed by atoms with Crippen molar-refractivity contribution in [2.24, 2.45) is 0 Å². The van der Waals surface area contributed by atoms with Gasteiger partial charge in [0.2, 0.25) is 0 Å². The number of ether oxygens (including phenoxy) is 1. The van der Waals surface area contributed by atoms with Gasteiger partial charge < -0.3 is 4.74 Å².